The number of hydrogen-bond donors (Lipinski definition) is 2. The molecule has 0 heterocycles. The molecule has 0 aliphatic rings. The minimum absolute atomic E-state index is 0. The summed E-state index contributed by atoms with van der Waals surface area (Å²) in [5.41, 5.74) is 0.840. The van der Waals surface area contributed by atoms with Crippen molar-refractivity contribution in [2.75, 3.05) is 33.9 Å². The molecule has 6 nitrogen and oxygen atoms in total. The van der Waals surface area contributed by atoms with E-state index >= 15 is 0 Å². The molecular formula is C20H26F2IN3O3. The van der Waals surface area contributed by atoms with Gasteiger partial charge in [0.1, 0.15) is 12.4 Å². The lowest BCUT2D eigenvalue weighted by Crippen LogP contribution is -2.40. The van der Waals surface area contributed by atoms with Crippen LogP contribution in [0.1, 0.15) is 5.56 Å². The zero-order chi connectivity index (χ0) is 20.2. The van der Waals surface area contributed by atoms with Gasteiger partial charge in [0.25, 0.3) is 0 Å². The van der Waals surface area contributed by atoms with E-state index in [1.54, 1.807) is 19.2 Å². The Balaban J connectivity index is 0.00000420. The Morgan fingerprint density at radius 3 is 2.41 bits per heavy atom. The summed E-state index contributed by atoms with van der Waals surface area (Å²) in [6, 6.07) is 14.5. The molecule has 2 N–H and O–H groups in total. The van der Waals surface area contributed by atoms with Crippen molar-refractivity contribution in [1.29, 1.82) is 0 Å². The van der Waals surface area contributed by atoms with Gasteiger partial charge in [0.05, 0.1) is 13.7 Å². The minimum Gasteiger partial charge on any atom is -0.493 e. The Bertz CT molecular complexity index is 749. The third-order valence-corrected chi connectivity index (χ3v) is 3.78. The normalized spacial score (nSPS) is 10.9. The average Bonchev–Trinajstić information content (AvgIpc) is 2.70. The summed E-state index contributed by atoms with van der Waals surface area (Å²) in [6.07, 6.45) is 0.602. The second kappa shape index (κ2) is 13.8. The lowest BCUT2D eigenvalue weighted by molar-refractivity contribution is -0.0512. The molecule has 2 aromatic rings. The number of rotatable bonds is 10. The molecule has 0 fully saturated rings. The number of benzene rings is 2. The van der Waals surface area contributed by atoms with Crippen LogP contribution in [0.25, 0.3) is 0 Å². The minimum atomic E-state index is -2.90. The highest BCUT2D eigenvalue weighted by Crippen LogP contribution is 2.29. The van der Waals surface area contributed by atoms with Gasteiger partial charge < -0.3 is 24.8 Å². The van der Waals surface area contributed by atoms with Crippen LogP contribution in [0.15, 0.2) is 53.5 Å². The van der Waals surface area contributed by atoms with Crippen molar-refractivity contribution >= 4 is 29.9 Å². The summed E-state index contributed by atoms with van der Waals surface area (Å²) in [5.74, 6) is 1.74. The molecule has 0 aliphatic carbocycles. The Morgan fingerprint density at radius 2 is 1.76 bits per heavy atom. The molecule has 0 saturated carbocycles. The fraction of sp³-hybridized carbons (Fsp3) is 0.350. The summed E-state index contributed by atoms with van der Waals surface area (Å²) < 4.78 is 40.1. The fourth-order valence-electron chi connectivity index (χ4n) is 2.47. The number of halogens is 3. The Labute approximate surface area is 186 Å². The van der Waals surface area contributed by atoms with Gasteiger partial charge in [-0.15, -0.1) is 24.0 Å². The zero-order valence-electron chi connectivity index (χ0n) is 16.4. The molecule has 0 bridgehead atoms. The molecule has 0 aliphatic heterocycles. The van der Waals surface area contributed by atoms with E-state index in [1.807, 2.05) is 36.4 Å². The molecule has 9 heteroatoms. The van der Waals surface area contributed by atoms with Crippen LogP contribution in [0.4, 0.5) is 8.78 Å². The molecule has 29 heavy (non-hydrogen) atoms. The Hall–Kier alpha value is -2.30. The van der Waals surface area contributed by atoms with Crippen LogP contribution in [0, 0.1) is 0 Å². The van der Waals surface area contributed by atoms with Crippen molar-refractivity contribution in [3.8, 4) is 17.2 Å². The smallest absolute Gasteiger partial charge is 0.387 e. The van der Waals surface area contributed by atoms with Gasteiger partial charge in [-0.05, 0) is 36.2 Å². The van der Waals surface area contributed by atoms with Crippen molar-refractivity contribution in [3.05, 3.63) is 54.1 Å². The van der Waals surface area contributed by atoms with Gasteiger partial charge in [0, 0.05) is 13.6 Å². The summed E-state index contributed by atoms with van der Waals surface area (Å²) in [6.45, 7) is -1.25. The van der Waals surface area contributed by atoms with Gasteiger partial charge in [-0.2, -0.15) is 8.78 Å². The van der Waals surface area contributed by atoms with Gasteiger partial charge in [-0.3, -0.25) is 4.99 Å². The quantitative estimate of drug-likeness (QED) is 0.216. The van der Waals surface area contributed by atoms with Crippen LogP contribution >= 0.6 is 24.0 Å². The van der Waals surface area contributed by atoms with Gasteiger partial charge in [0.2, 0.25) is 0 Å². The van der Waals surface area contributed by atoms with Crippen LogP contribution in [0.5, 0.6) is 17.2 Å². The number of nitrogens with zero attached hydrogens (tertiary/aromatic N) is 1. The molecular weight excluding hydrogens is 495 g/mol. The number of hydrogen-bond acceptors (Lipinski definition) is 4. The summed E-state index contributed by atoms with van der Waals surface area (Å²) >= 11 is 0. The largest absolute Gasteiger partial charge is 0.493 e. The summed E-state index contributed by atoms with van der Waals surface area (Å²) in [7, 11) is 3.08. The van der Waals surface area contributed by atoms with Gasteiger partial charge in [-0.1, -0.05) is 24.3 Å². The molecule has 0 amide bonds. The topological polar surface area (TPSA) is 64.1 Å². The number of nitrogens with one attached hydrogen (secondary N) is 2. The van der Waals surface area contributed by atoms with Crippen molar-refractivity contribution in [2.24, 2.45) is 4.99 Å². The zero-order valence-corrected chi connectivity index (χ0v) is 18.7. The van der Waals surface area contributed by atoms with E-state index in [9.17, 15) is 8.78 Å². The first-order valence-electron chi connectivity index (χ1n) is 8.86. The van der Waals surface area contributed by atoms with Crippen LogP contribution in [-0.4, -0.2) is 46.4 Å². The Kier molecular flexibility index (Phi) is 11.8. The van der Waals surface area contributed by atoms with Crippen LogP contribution < -0.4 is 24.8 Å². The summed E-state index contributed by atoms with van der Waals surface area (Å²) in [5, 5.41) is 6.32. The average molecular weight is 521 g/mol. The van der Waals surface area contributed by atoms with Gasteiger partial charge in [-0.25, -0.2) is 0 Å². The van der Waals surface area contributed by atoms with E-state index in [-0.39, 0.29) is 35.5 Å². The van der Waals surface area contributed by atoms with Gasteiger partial charge >= 0.3 is 6.61 Å². The number of methoxy groups -OCH3 is 1. The molecule has 2 aromatic carbocycles. The maximum atomic E-state index is 12.5. The highest BCUT2D eigenvalue weighted by Gasteiger charge is 2.11. The van der Waals surface area contributed by atoms with Crippen LogP contribution in [0.2, 0.25) is 0 Å². The maximum Gasteiger partial charge on any atom is 0.387 e. The van der Waals surface area contributed by atoms with E-state index in [0.717, 1.165) is 11.3 Å². The number of para-hydroxylation sites is 1. The maximum absolute atomic E-state index is 12.5. The molecule has 0 atom stereocenters. The van der Waals surface area contributed by atoms with E-state index in [0.29, 0.717) is 32.1 Å². The molecule has 0 radical (unpaired) electrons. The van der Waals surface area contributed by atoms with Gasteiger partial charge in [0.15, 0.2) is 17.5 Å². The van der Waals surface area contributed by atoms with E-state index in [4.69, 9.17) is 9.47 Å². The van der Waals surface area contributed by atoms with Crippen molar-refractivity contribution in [1.82, 2.24) is 10.6 Å². The second-order valence-electron chi connectivity index (χ2n) is 5.70. The van der Waals surface area contributed by atoms with E-state index < -0.39 is 6.61 Å². The van der Waals surface area contributed by atoms with E-state index in [2.05, 4.69) is 20.4 Å². The fourth-order valence-corrected chi connectivity index (χ4v) is 2.47. The predicted molar refractivity (Wildman–Crippen MR) is 120 cm³/mol. The number of guanidine groups is 1. The molecule has 0 aromatic heterocycles. The SMILES string of the molecule is CN=C(NCCOc1ccccc1)NCCc1ccc(OC)c(OC(F)F)c1.I. The lowest BCUT2D eigenvalue weighted by atomic mass is 10.1. The lowest BCUT2D eigenvalue weighted by Gasteiger charge is -2.14. The van der Waals surface area contributed by atoms with Crippen LogP contribution in [-0.2, 0) is 6.42 Å². The highest BCUT2D eigenvalue weighted by atomic mass is 127. The highest BCUT2D eigenvalue weighted by molar-refractivity contribution is 14.0. The summed E-state index contributed by atoms with van der Waals surface area (Å²) in [4.78, 5) is 4.14. The predicted octanol–water partition coefficient (Wildman–Crippen LogP) is 3.70. The third kappa shape index (κ3) is 9.16. The molecule has 2 rings (SSSR count). The third-order valence-electron chi connectivity index (χ3n) is 3.78. The monoisotopic (exact) mass is 521 g/mol. The van der Waals surface area contributed by atoms with Crippen molar-refractivity contribution in [2.45, 2.75) is 13.0 Å². The number of ether oxygens (including phenoxy) is 3. The Morgan fingerprint density at radius 1 is 1.03 bits per heavy atom. The number of aliphatic imine (C=N–C) groups is 1. The molecule has 0 unspecified atom stereocenters. The number of alkyl halides is 2. The van der Waals surface area contributed by atoms with Crippen molar-refractivity contribution < 1.29 is 23.0 Å². The van der Waals surface area contributed by atoms with Crippen LogP contribution in [0.3, 0.4) is 0 Å². The van der Waals surface area contributed by atoms with Crippen molar-refractivity contribution in [3.63, 3.8) is 0 Å². The standard InChI is InChI=1S/C20H25F2N3O3.HI/c1-23-20(25-12-13-27-16-6-4-3-5-7-16)24-11-10-15-8-9-17(26-2)18(14-15)28-19(21)22;/h3-9,14,19H,10-13H2,1-2H3,(H2,23,24,25);1H. The molecule has 0 saturated heterocycles. The molecule has 0 spiro atoms. The first-order chi connectivity index (χ1) is 13.6. The first-order valence-corrected chi connectivity index (χ1v) is 8.86. The molecule has 160 valence electrons. The second-order valence-corrected chi connectivity index (χ2v) is 5.70. The first kappa shape index (κ1) is 24.7. The van der Waals surface area contributed by atoms with E-state index in [1.165, 1.54) is 7.11 Å².